The van der Waals surface area contributed by atoms with Gasteiger partial charge in [0.05, 0.1) is 23.6 Å². The second kappa shape index (κ2) is 8.89. The van der Waals surface area contributed by atoms with Gasteiger partial charge >= 0.3 is 12.4 Å². The first kappa shape index (κ1) is 23.2. The molecule has 1 rings (SSSR count). The highest BCUT2D eigenvalue weighted by Crippen LogP contribution is 2.30. The molecule has 0 aliphatic heterocycles. The van der Waals surface area contributed by atoms with Gasteiger partial charge in [0.2, 0.25) is 15.9 Å². The number of alkyl halides is 6. The number of hydrogen-bond acceptors (Lipinski definition) is 4. The molecule has 1 aromatic rings. The van der Waals surface area contributed by atoms with E-state index in [1.807, 2.05) is 4.72 Å². The van der Waals surface area contributed by atoms with Gasteiger partial charge in [-0.1, -0.05) is 6.07 Å². The molecule has 0 saturated heterocycles. The van der Waals surface area contributed by atoms with Crippen molar-refractivity contribution in [3.05, 3.63) is 29.8 Å². The van der Waals surface area contributed by atoms with E-state index in [-0.39, 0.29) is 0 Å². The topological polar surface area (TPSA) is 84.5 Å². The van der Waals surface area contributed by atoms with Crippen molar-refractivity contribution < 1.29 is 44.3 Å². The Labute approximate surface area is 150 Å². The molecular weight excluding hydrogens is 406 g/mol. The molecule has 1 aromatic carbocycles. The molecule has 2 N–H and O–H groups in total. The Hall–Kier alpha value is -1.86. The Morgan fingerprint density at radius 1 is 1.19 bits per heavy atom. The molecule has 27 heavy (non-hydrogen) atoms. The summed E-state index contributed by atoms with van der Waals surface area (Å²) in [4.78, 5) is 10.9. The van der Waals surface area contributed by atoms with E-state index in [0.717, 1.165) is 12.1 Å². The Morgan fingerprint density at radius 2 is 1.81 bits per heavy atom. The summed E-state index contributed by atoms with van der Waals surface area (Å²) in [6.45, 7) is -1.46. The first-order chi connectivity index (χ1) is 12.2. The van der Waals surface area contributed by atoms with Crippen molar-refractivity contribution in [3.63, 3.8) is 0 Å². The van der Waals surface area contributed by atoms with Crippen LogP contribution in [0.25, 0.3) is 0 Å². The molecule has 0 saturated carbocycles. The summed E-state index contributed by atoms with van der Waals surface area (Å²) in [5, 5.41) is 2.19. The van der Waals surface area contributed by atoms with Crippen LogP contribution in [0.15, 0.2) is 29.2 Å². The molecule has 0 heterocycles. The molecular formula is C14H16F6N2O4S. The minimum atomic E-state index is -4.74. The van der Waals surface area contributed by atoms with Crippen molar-refractivity contribution in [3.8, 4) is 0 Å². The predicted molar refractivity (Wildman–Crippen MR) is 81.1 cm³/mol. The number of carbonyl (C=O) groups is 1. The van der Waals surface area contributed by atoms with E-state index in [2.05, 4.69) is 10.1 Å². The SMILES string of the molecule is CC(COCC(F)(F)F)NC(=O)CNS(=O)(=O)c1cccc(C(F)(F)F)c1. The first-order valence-corrected chi connectivity index (χ1v) is 8.80. The van der Waals surface area contributed by atoms with Crippen LogP contribution in [0.5, 0.6) is 0 Å². The molecule has 0 aliphatic carbocycles. The Bertz CT molecular complexity index is 749. The first-order valence-electron chi connectivity index (χ1n) is 7.31. The van der Waals surface area contributed by atoms with Crippen LogP contribution in [-0.2, 0) is 25.7 Å². The van der Waals surface area contributed by atoms with Crippen molar-refractivity contribution in [1.82, 2.24) is 10.0 Å². The molecule has 1 atom stereocenters. The number of ether oxygens (including phenoxy) is 1. The Balaban J connectivity index is 2.57. The Kier molecular flexibility index (Phi) is 7.63. The van der Waals surface area contributed by atoms with Crippen molar-refractivity contribution >= 4 is 15.9 Å². The van der Waals surface area contributed by atoms with Gasteiger partial charge in [-0.15, -0.1) is 0 Å². The number of amides is 1. The fourth-order valence-electron chi connectivity index (χ4n) is 1.80. The molecule has 0 bridgehead atoms. The lowest BCUT2D eigenvalue weighted by Crippen LogP contribution is -2.42. The van der Waals surface area contributed by atoms with E-state index in [4.69, 9.17) is 0 Å². The third-order valence-corrected chi connectivity index (χ3v) is 4.33. The van der Waals surface area contributed by atoms with Gasteiger partial charge in [-0.25, -0.2) is 13.1 Å². The van der Waals surface area contributed by atoms with Crippen LogP contribution in [0.1, 0.15) is 12.5 Å². The van der Waals surface area contributed by atoms with E-state index in [1.165, 1.54) is 6.92 Å². The highest BCUT2D eigenvalue weighted by atomic mass is 32.2. The average Bonchev–Trinajstić information content (AvgIpc) is 2.51. The standard InChI is InChI=1S/C14H16F6N2O4S/c1-9(7-26-8-13(15,16)17)22-12(23)6-21-27(24,25)11-4-2-3-10(5-11)14(18,19)20/h2-5,9,21H,6-8H2,1H3,(H,22,23). The molecule has 0 spiro atoms. The van der Waals surface area contributed by atoms with Crippen LogP contribution >= 0.6 is 0 Å². The van der Waals surface area contributed by atoms with Gasteiger partial charge in [0.25, 0.3) is 0 Å². The number of halogens is 6. The maximum atomic E-state index is 12.6. The van der Waals surface area contributed by atoms with Crippen molar-refractivity contribution in [2.45, 2.75) is 30.2 Å². The highest BCUT2D eigenvalue weighted by Gasteiger charge is 2.32. The zero-order valence-electron chi connectivity index (χ0n) is 13.8. The summed E-state index contributed by atoms with van der Waals surface area (Å²) in [6, 6.07) is 2.07. The number of hydrogen-bond donors (Lipinski definition) is 2. The maximum absolute atomic E-state index is 12.6. The van der Waals surface area contributed by atoms with E-state index >= 15 is 0 Å². The van der Waals surface area contributed by atoms with Crippen molar-refractivity contribution in [2.24, 2.45) is 0 Å². The fraction of sp³-hybridized carbons (Fsp3) is 0.500. The summed E-state index contributed by atoms with van der Waals surface area (Å²) >= 11 is 0. The van der Waals surface area contributed by atoms with Gasteiger partial charge in [0.1, 0.15) is 6.61 Å². The van der Waals surface area contributed by atoms with Gasteiger partial charge in [0.15, 0.2) is 0 Å². The van der Waals surface area contributed by atoms with Crippen LogP contribution in [0.4, 0.5) is 26.3 Å². The van der Waals surface area contributed by atoms with Gasteiger partial charge in [0, 0.05) is 6.04 Å². The summed E-state index contributed by atoms with van der Waals surface area (Å²) in [6.07, 6.45) is -9.26. The Morgan fingerprint density at radius 3 is 2.37 bits per heavy atom. The lowest BCUT2D eigenvalue weighted by Gasteiger charge is -2.15. The predicted octanol–water partition coefficient (Wildman–Crippen LogP) is 2.07. The minimum absolute atomic E-state index is 0.411. The van der Waals surface area contributed by atoms with Gasteiger partial charge in [-0.3, -0.25) is 4.79 Å². The van der Waals surface area contributed by atoms with Crippen LogP contribution in [0.2, 0.25) is 0 Å². The van der Waals surface area contributed by atoms with E-state index in [0.29, 0.717) is 12.1 Å². The largest absolute Gasteiger partial charge is 0.416 e. The zero-order chi connectivity index (χ0) is 20.9. The van der Waals surface area contributed by atoms with Crippen LogP contribution in [0.3, 0.4) is 0 Å². The highest BCUT2D eigenvalue weighted by molar-refractivity contribution is 7.89. The summed E-state index contributed by atoms with van der Waals surface area (Å²) in [5.41, 5.74) is -1.18. The molecule has 6 nitrogen and oxygen atoms in total. The molecule has 13 heteroatoms. The second-order valence-electron chi connectivity index (χ2n) is 5.45. The number of sulfonamides is 1. The molecule has 1 amide bonds. The number of rotatable bonds is 8. The lowest BCUT2D eigenvalue weighted by atomic mass is 10.2. The molecule has 0 aliphatic rings. The van der Waals surface area contributed by atoms with Gasteiger partial charge < -0.3 is 10.1 Å². The molecule has 0 radical (unpaired) electrons. The monoisotopic (exact) mass is 422 g/mol. The third kappa shape index (κ3) is 8.58. The smallest absolute Gasteiger partial charge is 0.370 e. The molecule has 0 fully saturated rings. The van der Waals surface area contributed by atoms with Crippen molar-refractivity contribution in [2.75, 3.05) is 19.8 Å². The van der Waals surface area contributed by atoms with Gasteiger partial charge in [-0.05, 0) is 25.1 Å². The van der Waals surface area contributed by atoms with Gasteiger partial charge in [-0.2, -0.15) is 26.3 Å². The van der Waals surface area contributed by atoms with Crippen LogP contribution < -0.4 is 10.0 Å². The normalized spacial score (nSPS) is 14.0. The van der Waals surface area contributed by atoms with E-state index in [1.54, 1.807) is 0 Å². The third-order valence-electron chi connectivity index (χ3n) is 2.94. The lowest BCUT2D eigenvalue weighted by molar-refractivity contribution is -0.175. The van der Waals surface area contributed by atoms with E-state index < -0.39 is 64.5 Å². The molecule has 154 valence electrons. The van der Waals surface area contributed by atoms with E-state index in [9.17, 15) is 39.6 Å². The van der Waals surface area contributed by atoms with Crippen LogP contribution in [0, 0.1) is 0 Å². The molecule has 0 aromatic heterocycles. The number of benzene rings is 1. The maximum Gasteiger partial charge on any atom is 0.416 e. The quantitative estimate of drug-likeness (QED) is 0.629. The van der Waals surface area contributed by atoms with Crippen molar-refractivity contribution in [1.29, 1.82) is 0 Å². The summed E-state index contributed by atoms with van der Waals surface area (Å²) in [5.74, 6) is -0.895. The molecule has 1 unspecified atom stereocenters. The van der Waals surface area contributed by atoms with Crippen LogP contribution in [-0.4, -0.2) is 46.3 Å². The number of nitrogens with one attached hydrogen (secondary N) is 2. The minimum Gasteiger partial charge on any atom is -0.370 e. The zero-order valence-corrected chi connectivity index (χ0v) is 14.6. The average molecular weight is 422 g/mol. The number of carbonyl (C=O) groups excluding carboxylic acids is 1. The summed E-state index contributed by atoms with van der Waals surface area (Å²) < 4.78 is 104. The summed E-state index contributed by atoms with van der Waals surface area (Å²) in [7, 11) is -4.40. The fourth-order valence-corrected chi connectivity index (χ4v) is 2.83. The second-order valence-corrected chi connectivity index (χ2v) is 7.22.